The first-order valence-electron chi connectivity index (χ1n) is 5.20. The summed E-state index contributed by atoms with van der Waals surface area (Å²) in [5.41, 5.74) is 0. The average molecular weight is 198 g/mol. The van der Waals surface area contributed by atoms with Crippen molar-refractivity contribution in [3.8, 4) is 0 Å². The lowest BCUT2D eigenvalue weighted by Gasteiger charge is -2.30. The first kappa shape index (κ1) is 9.38. The van der Waals surface area contributed by atoms with Gasteiger partial charge in [-0.15, -0.1) is 0 Å². The zero-order valence-corrected chi connectivity index (χ0v) is 9.07. The van der Waals surface area contributed by atoms with E-state index < -0.39 is 0 Å². The Balaban J connectivity index is 2.02. The molecule has 2 atom stereocenters. The third-order valence-electron chi connectivity index (χ3n) is 3.28. The molecular weight excluding hydrogens is 180 g/mol. The fourth-order valence-electron chi connectivity index (χ4n) is 2.60. The molecule has 0 bridgehead atoms. The topological polar surface area (TPSA) is 27.1 Å². The van der Waals surface area contributed by atoms with Gasteiger partial charge in [0.05, 0.1) is 5.84 Å². The van der Waals surface area contributed by atoms with Crippen LogP contribution < -0.4 is 0 Å². The third-order valence-corrected chi connectivity index (χ3v) is 4.44. The molecule has 1 saturated heterocycles. The van der Waals surface area contributed by atoms with Crippen molar-refractivity contribution in [2.45, 2.75) is 43.4 Å². The van der Waals surface area contributed by atoms with Crippen molar-refractivity contribution in [3.63, 3.8) is 0 Å². The monoisotopic (exact) mass is 198 g/mol. The molecule has 0 spiro atoms. The van der Waals surface area contributed by atoms with Gasteiger partial charge in [-0.05, 0) is 25.5 Å². The van der Waals surface area contributed by atoms with Crippen LogP contribution in [-0.4, -0.2) is 34.8 Å². The highest BCUT2D eigenvalue weighted by Crippen LogP contribution is 2.34. The Kier molecular flexibility index (Phi) is 2.82. The number of thioether (sulfide) groups is 1. The van der Waals surface area contributed by atoms with Gasteiger partial charge in [-0.25, -0.2) is 0 Å². The quantitative estimate of drug-likeness (QED) is 0.737. The molecule has 74 valence electrons. The second-order valence-corrected chi connectivity index (χ2v) is 5.09. The van der Waals surface area contributed by atoms with Crippen LogP contribution in [0.15, 0.2) is 0 Å². The summed E-state index contributed by atoms with van der Waals surface area (Å²) in [6.45, 7) is 1.14. The Hall–Kier alpha value is -0.180. The SMILES string of the molecule is CSC1CCCC1N1CCCC1=N. The van der Waals surface area contributed by atoms with Crippen LogP contribution in [0, 0.1) is 5.41 Å². The summed E-state index contributed by atoms with van der Waals surface area (Å²) in [7, 11) is 0. The lowest BCUT2D eigenvalue weighted by atomic mass is 10.2. The second-order valence-electron chi connectivity index (χ2n) is 4.02. The second kappa shape index (κ2) is 3.91. The highest BCUT2D eigenvalue weighted by molar-refractivity contribution is 7.99. The van der Waals surface area contributed by atoms with Crippen molar-refractivity contribution < 1.29 is 0 Å². The van der Waals surface area contributed by atoms with Gasteiger partial charge in [0.2, 0.25) is 0 Å². The van der Waals surface area contributed by atoms with Crippen molar-refractivity contribution in [1.29, 1.82) is 5.41 Å². The van der Waals surface area contributed by atoms with E-state index in [4.69, 9.17) is 5.41 Å². The molecule has 0 aromatic carbocycles. The van der Waals surface area contributed by atoms with E-state index in [0.717, 1.165) is 24.1 Å². The van der Waals surface area contributed by atoms with Crippen LogP contribution in [0.1, 0.15) is 32.1 Å². The summed E-state index contributed by atoms with van der Waals surface area (Å²) < 4.78 is 0. The molecule has 3 heteroatoms. The van der Waals surface area contributed by atoms with Crippen LogP contribution in [0.5, 0.6) is 0 Å². The molecule has 1 aliphatic heterocycles. The van der Waals surface area contributed by atoms with Gasteiger partial charge < -0.3 is 4.90 Å². The van der Waals surface area contributed by atoms with Crippen LogP contribution in [0.2, 0.25) is 0 Å². The van der Waals surface area contributed by atoms with E-state index in [2.05, 4.69) is 11.2 Å². The molecule has 1 heterocycles. The largest absolute Gasteiger partial charge is 0.356 e. The summed E-state index contributed by atoms with van der Waals surface area (Å²) >= 11 is 1.99. The molecule has 1 saturated carbocycles. The Morgan fingerprint density at radius 1 is 1.38 bits per heavy atom. The first-order chi connectivity index (χ1) is 6.33. The highest BCUT2D eigenvalue weighted by atomic mass is 32.2. The normalized spacial score (nSPS) is 34.5. The van der Waals surface area contributed by atoms with E-state index in [1.807, 2.05) is 11.8 Å². The number of hydrogen-bond donors (Lipinski definition) is 1. The highest BCUT2D eigenvalue weighted by Gasteiger charge is 2.34. The molecule has 1 aliphatic carbocycles. The number of likely N-dealkylation sites (tertiary alicyclic amines) is 1. The van der Waals surface area contributed by atoms with Crippen LogP contribution >= 0.6 is 11.8 Å². The lowest BCUT2D eigenvalue weighted by molar-refractivity contribution is 0.342. The molecule has 2 rings (SSSR count). The molecule has 2 nitrogen and oxygen atoms in total. The van der Waals surface area contributed by atoms with Crippen molar-refractivity contribution in [3.05, 3.63) is 0 Å². The smallest absolute Gasteiger partial charge is 0.0961 e. The van der Waals surface area contributed by atoms with Crippen molar-refractivity contribution in [2.24, 2.45) is 0 Å². The summed E-state index contributed by atoms with van der Waals surface area (Å²) in [6.07, 6.45) is 8.46. The van der Waals surface area contributed by atoms with Gasteiger partial charge in [-0.1, -0.05) is 6.42 Å². The number of amidine groups is 1. The number of hydrogen-bond acceptors (Lipinski definition) is 2. The Morgan fingerprint density at radius 2 is 2.23 bits per heavy atom. The van der Waals surface area contributed by atoms with E-state index in [0.29, 0.717) is 6.04 Å². The predicted octanol–water partition coefficient (Wildman–Crippen LogP) is 2.34. The maximum atomic E-state index is 7.85. The van der Waals surface area contributed by atoms with Gasteiger partial charge in [-0.2, -0.15) is 11.8 Å². The van der Waals surface area contributed by atoms with Crippen LogP contribution in [0.4, 0.5) is 0 Å². The molecular formula is C10H18N2S. The van der Waals surface area contributed by atoms with Gasteiger partial charge in [0.25, 0.3) is 0 Å². The van der Waals surface area contributed by atoms with Crippen LogP contribution in [0.25, 0.3) is 0 Å². The molecule has 2 aliphatic rings. The van der Waals surface area contributed by atoms with Gasteiger partial charge in [0.15, 0.2) is 0 Å². The van der Waals surface area contributed by atoms with E-state index in [1.54, 1.807) is 0 Å². The summed E-state index contributed by atoms with van der Waals surface area (Å²) in [4.78, 5) is 2.36. The van der Waals surface area contributed by atoms with E-state index >= 15 is 0 Å². The molecule has 0 aromatic heterocycles. The van der Waals surface area contributed by atoms with Crippen molar-refractivity contribution in [1.82, 2.24) is 4.90 Å². The van der Waals surface area contributed by atoms with Crippen molar-refractivity contribution in [2.75, 3.05) is 12.8 Å². The lowest BCUT2D eigenvalue weighted by Crippen LogP contribution is -2.39. The summed E-state index contributed by atoms with van der Waals surface area (Å²) in [5, 5.41) is 8.64. The average Bonchev–Trinajstić information content (AvgIpc) is 2.71. The zero-order chi connectivity index (χ0) is 9.26. The first-order valence-corrected chi connectivity index (χ1v) is 6.48. The van der Waals surface area contributed by atoms with Gasteiger partial charge >= 0.3 is 0 Å². The zero-order valence-electron chi connectivity index (χ0n) is 8.25. The maximum Gasteiger partial charge on any atom is 0.0961 e. The van der Waals surface area contributed by atoms with Gasteiger partial charge in [0.1, 0.15) is 0 Å². The minimum absolute atomic E-state index is 0.685. The molecule has 2 fully saturated rings. The van der Waals surface area contributed by atoms with E-state index in [9.17, 15) is 0 Å². The number of nitrogens with one attached hydrogen (secondary N) is 1. The Morgan fingerprint density at radius 3 is 2.85 bits per heavy atom. The molecule has 0 amide bonds. The van der Waals surface area contributed by atoms with Crippen LogP contribution in [0.3, 0.4) is 0 Å². The molecule has 0 aromatic rings. The molecule has 2 unspecified atom stereocenters. The number of rotatable bonds is 2. The predicted molar refractivity (Wildman–Crippen MR) is 58.6 cm³/mol. The Bertz CT molecular complexity index is 205. The van der Waals surface area contributed by atoms with Gasteiger partial charge in [-0.3, -0.25) is 5.41 Å². The molecule has 0 radical (unpaired) electrons. The summed E-state index contributed by atoms with van der Waals surface area (Å²) in [6, 6.07) is 0.685. The minimum atomic E-state index is 0.685. The Labute approximate surface area is 84.6 Å². The van der Waals surface area contributed by atoms with E-state index in [-0.39, 0.29) is 0 Å². The van der Waals surface area contributed by atoms with Gasteiger partial charge in [0, 0.05) is 24.3 Å². The van der Waals surface area contributed by atoms with E-state index in [1.165, 1.54) is 25.7 Å². The van der Waals surface area contributed by atoms with Crippen molar-refractivity contribution >= 4 is 17.6 Å². The third kappa shape index (κ3) is 1.71. The summed E-state index contributed by atoms with van der Waals surface area (Å²) in [5.74, 6) is 0.894. The molecule has 13 heavy (non-hydrogen) atoms. The molecule has 1 N–H and O–H groups in total. The maximum absolute atomic E-state index is 7.85. The van der Waals surface area contributed by atoms with Crippen LogP contribution in [-0.2, 0) is 0 Å². The number of nitrogens with zero attached hydrogens (tertiary/aromatic N) is 1. The fraction of sp³-hybridized carbons (Fsp3) is 0.900. The minimum Gasteiger partial charge on any atom is -0.356 e. The fourth-order valence-corrected chi connectivity index (χ4v) is 3.60. The standard InChI is InChI=1S/C10H18N2S/c1-13-9-5-2-4-8(9)12-7-3-6-10(12)11/h8-9,11H,2-7H2,1H3.